The van der Waals surface area contributed by atoms with Crippen LogP contribution >= 0.6 is 0 Å². The van der Waals surface area contributed by atoms with Crippen LogP contribution in [0.25, 0.3) is 10.8 Å². The number of benzene rings is 3. The summed E-state index contributed by atoms with van der Waals surface area (Å²) in [6.45, 7) is 4.19. The summed E-state index contributed by atoms with van der Waals surface area (Å²) in [5.74, 6) is 0.956. The van der Waals surface area contributed by atoms with Crippen molar-refractivity contribution < 1.29 is 0 Å². The van der Waals surface area contributed by atoms with Gasteiger partial charge in [-0.25, -0.2) is 0 Å². The maximum atomic E-state index is 9.78. The van der Waals surface area contributed by atoms with Gasteiger partial charge in [-0.15, -0.1) is 0 Å². The van der Waals surface area contributed by atoms with Gasteiger partial charge in [-0.05, 0) is 34.5 Å². The zero-order chi connectivity index (χ0) is 21.2. The predicted octanol–water partition coefficient (Wildman–Crippen LogP) is 4.47. The van der Waals surface area contributed by atoms with Crippen LogP contribution in [0.1, 0.15) is 11.3 Å². The third kappa shape index (κ3) is 3.57. The highest BCUT2D eigenvalue weighted by molar-refractivity contribution is 5.85. The minimum absolute atomic E-state index is 0.603. The van der Waals surface area contributed by atoms with E-state index in [2.05, 4.69) is 87.2 Å². The quantitative estimate of drug-likeness (QED) is 0.542. The van der Waals surface area contributed by atoms with Gasteiger partial charge in [0.05, 0.1) is 12.2 Å². The molecule has 1 aliphatic heterocycles. The number of hydrogen-bond acceptors (Lipinski definition) is 4. The zero-order valence-electron chi connectivity index (χ0n) is 17.4. The first-order chi connectivity index (χ1) is 15.2. The second-order valence-corrected chi connectivity index (χ2v) is 7.95. The number of nitriles is 1. The van der Waals surface area contributed by atoms with Crippen molar-refractivity contribution in [2.75, 3.05) is 41.7 Å². The molecule has 4 aromatic rings. The lowest BCUT2D eigenvalue weighted by Gasteiger charge is -2.38. The molecular formula is C26H25N5. The largest absolute Gasteiger partial charge is 0.396 e. The Labute approximate surface area is 182 Å². The van der Waals surface area contributed by atoms with Crippen molar-refractivity contribution in [1.29, 1.82) is 5.26 Å². The Morgan fingerprint density at radius 1 is 0.806 bits per heavy atom. The third-order valence-corrected chi connectivity index (χ3v) is 6.12. The summed E-state index contributed by atoms with van der Waals surface area (Å²) in [5.41, 5.74) is 10.1. The molecule has 3 aromatic carbocycles. The molecule has 154 valence electrons. The van der Waals surface area contributed by atoms with Crippen LogP contribution in [0.2, 0.25) is 0 Å². The van der Waals surface area contributed by atoms with Gasteiger partial charge in [-0.2, -0.15) is 5.26 Å². The maximum absolute atomic E-state index is 9.78. The first-order valence-corrected chi connectivity index (χ1v) is 10.7. The van der Waals surface area contributed by atoms with Crippen molar-refractivity contribution in [3.63, 3.8) is 0 Å². The summed E-state index contributed by atoms with van der Waals surface area (Å²) in [6.07, 6.45) is 0. The van der Waals surface area contributed by atoms with Crippen LogP contribution in [-0.4, -0.2) is 30.7 Å². The first-order valence-electron chi connectivity index (χ1n) is 10.7. The third-order valence-electron chi connectivity index (χ3n) is 6.12. The molecule has 1 saturated heterocycles. The summed E-state index contributed by atoms with van der Waals surface area (Å²) in [5, 5.41) is 12.2. The normalized spacial score (nSPS) is 14.0. The fraction of sp³-hybridized carbons (Fsp3) is 0.192. The SMILES string of the molecule is N#Cc1cc(N)c(N2CCN(c3ccccc3)CC2)n1Cc1cccc2ccccc12. The van der Waals surface area contributed by atoms with Crippen LogP contribution < -0.4 is 15.5 Å². The van der Waals surface area contributed by atoms with E-state index in [9.17, 15) is 5.26 Å². The maximum Gasteiger partial charge on any atom is 0.133 e. The molecule has 0 amide bonds. The highest BCUT2D eigenvalue weighted by Crippen LogP contribution is 2.31. The van der Waals surface area contributed by atoms with Crippen LogP contribution in [0.3, 0.4) is 0 Å². The number of nitrogens with two attached hydrogens (primary N) is 1. The summed E-state index contributed by atoms with van der Waals surface area (Å²) in [4.78, 5) is 4.72. The summed E-state index contributed by atoms with van der Waals surface area (Å²) in [6, 6.07) is 29.4. The van der Waals surface area contributed by atoms with Gasteiger partial charge < -0.3 is 20.1 Å². The van der Waals surface area contributed by atoms with E-state index < -0.39 is 0 Å². The van der Waals surface area contributed by atoms with Crippen LogP contribution in [0.4, 0.5) is 17.2 Å². The van der Waals surface area contributed by atoms with E-state index >= 15 is 0 Å². The smallest absolute Gasteiger partial charge is 0.133 e. The zero-order valence-corrected chi connectivity index (χ0v) is 17.4. The number of aromatic nitrogens is 1. The van der Waals surface area contributed by atoms with Crippen molar-refractivity contribution in [2.45, 2.75) is 6.54 Å². The lowest BCUT2D eigenvalue weighted by molar-refractivity contribution is 0.630. The van der Waals surface area contributed by atoms with Gasteiger partial charge in [0.1, 0.15) is 17.6 Å². The van der Waals surface area contributed by atoms with E-state index in [0.29, 0.717) is 17.9 Å². The van der Waals surface area contributed by atoms with Crippen LogP contribution in [0.15, 0.2) is 78.9 Å². The number of nitrogens with zero attached hydrogens (tertiary/aromatic N) is 4. The number of nitrogen functional groups attached to an aromatic ring is 1. The topological polar surface area (TPSA) is 61.2 Å². The molecule has 5 heteroatoms. The van der Waals surface area contributed by atoms with E-state index in [1.165, 1.54) is 22.0 Å². The molecule has 1 fully saturated rings. The van der Waals surface area contributed by atoms with E-state index in [1.54, 1.807) is 0 Å². The van der Waals surface area contributed by atoms with Crippen LogP contribution in [0.5, 0.6) is 0 Å². The van der Waals surface area contributed by atoms with E-state index in [1.807, 2.05) is 12.1 Å². The number of piperazine rings is 1. The summed E-state index contributed by atoms with van der Waals surface area (Å²) < 4.78 is 2.08. The van der Waals surface area contributed by atoms with Gasteiger partial charge in [0.25, 0.3) is 0 Å². The predicted molar refractivity (Wildman–Crippen MR) is 127 cm³/mol. The molecule has 2 N–H and O–H groups in total. The molecule has 0 bridgehead atoms. The van der Waals surface area contributed by atoms with Gasteiger partial charge in [-0.1, -0.05) is 60.7 Å². The van der Waals surface area contributed by atoms with Crippen molar-refractivity contribution in [1.82, 2.24) is 4.57 Å². The molecule has 5 nitrogen and oxygen atoms in total. The Morgan fingerprint density at radius 2 is 1.48 bits per heavy atom. The number of fused-ring (bicyclic) bond motifs is 1. The van der Waals surface area contributed by atoms with Crippen molar-refractivity contribution in [2.24, 2.45) is 0 Å². The number of rotatable bonds is 4. The van der Waals surface area contributed by atoms with Crippen LogP contribution in [-0.2, 0) is 6.54 Å². The summed E-state index contributed by atoms with van der Waals surface area (Å²) in [7, 11) is 0. The van der Waals surface area contributed by atoms with Gasteiger partial charge in [0, 0.05) is 31.9 Å². The Bertz CT molecular complexity index is 1240. The molecule has 0 radical (unpaired) electrons. The molecule has 1 aliphatic rings. The van der Waals surface area contributed by atoms with Crippen molar-refractivity contribution >= 4 is 28.0 Å². The summed E-state index contributed by atoms with van der Waals surface area (Å²) >= 11 is 0. The highest BCUT2D eigenvalue weighted by Gasteiger charge is 2.24. The fourth-order valence-corrected chi connectivity index (χ4v) is 4.58. The van der Waals surface area contributed by atoms with Crippen molar-refractivity contribution in [3.05, 3.63) is 90.1 Å². The lowest BCUT2D eigenvalue weighted by atomic mass is 10.0. The van der Waals surface area contributed by atoms with Gasteiger partial charge in [0.15, 0.2) is 0 Å². The van der Waals surface area contributed by atoms with Gasteiger partial charge >= 0.3 is 0 Å². The highest BCUT2D eigenvalue weighted by atomic mass is 15.3. The molecule has 2 heterocycles. The molecule has 1 aromatic heterocycles. The van der Waals surface area contributed by atoms with E-state index in [0.717, 1.165) is 32.0 Å². The Kier molecular flexibility index (Phi) is 4.97. The van der Waals surface area contributed by atoms with Crippen molar-refractivity contribution in [3.8, 4) is 6.07 Å². The average Bonchev–Trinajstić information content (AvgIpc) is 3.15. The molecular weight excluding hydrogens is 382 g/mol. The average molecular weight is 408 g/mol. The molecule has 5 rings (SSSR count). The van der Waals surface area contributed by atoms with Gasteiger partial charge in [-0.3, -0.25) is 0 Å². The van der Waals surface area contributed by atoms with Gasteiger partial charge in [0.2, 0.25) is 0 Å². The molecule has 0 saturated carbocycles. The van der Waals surface area contributed by atoms with E-state index in [4.69, 9.17) is 5.73 Å². The second-order valence-electron chi connectivity index (χ2n) is 7.95. The lowest BCUT2D eigenvalue weighted by Crippen LogP contribution is -2.47. The monoisotopic (exact) mass is 407 g/mol. The Balaban J connectivity index is 1.45. The van der Waals surface area contributed by atoms with Crippen LogP contribution in [0, 0.1) is 11.3 Å². The number of para-hydroxylation sites is 1. The second kappa shape index (κ2) is 8.08. The van der Waals surface area contributed by atoms with E-state index in [-0.39, 0.29) is 0 Å². The molecule has 0 spiro atoms. The molecule has 31 heavy (non-hydrogen) atoms. The fourth-order valence-electron chi connectivity index (χ4n) is 4.58. The Hall–Kier alpha value is -3.91. The minimum atomic E-state index is 0.603. The Morgan fingerprint density at radius 3 is 2.26 bits per heavy atom. The molecule has 0 aliphatic carbocycles. The minimum Gasteiger partial charge on any atom is -0.396 e. The number of anilines is 3. The standard InChI is InChI=1S/C26H25N5/c27-18-23-17-25(28)26(30-15-13-29(14-16-30)22-10-2-1-3-11-22)31(23)19-21-9-6-8-20-7-4-5-12-24(20)21/h1-12,17H,13-16,19,28H2. The molecule has 0 unspecified atom stereocenters. The number of hydrogen-bond donors (Lipinski definition) is 1. The first kappa shape index (κ1) is 19.1. The molecule has 0 atom stereocenters.